The van der Waals surface area contributed by atoms with Crippen LogP contribution in [0.25, 0.3) is 0 Å². The Kier molecular flexibility index (Phi) is 9.31. The van der Waals surface area contributed by atoms with Crippen molar-refractivity contribution in [2.75, 3.05) is 59.7 Å². The lowest BCUT2D eigenvalue weighted by atomic mass is 10.1. The smallest absolute Gasteiger partial charge is 0.312 e. The van der Waals surface area contributed by atoms with Crippen LogP contribution in [0.2, 0.25) is 0 Å². The van der Waals surface area contributed by atoms with E-state index in [4.69, 9.17) is 19.9 Å². The van der Waals surface area contributed by atoms with E-state index >= 15 is 0 Å². The fraction of sp³-hybridized carbons (Fsp3) is 0.923. The van der Waals surface area contributed by atoms with E-state index in [1.165, 1.54) is 0 Å². The zero-order valence-electron chi connectivity index (χ0n) is 12.3. The third-order valence-electron chi connectivity index (χ3n) is 3.16. The number of likely N-dealkylation sites (tertiary alicyclic amines) is 1. The molecule has 0 aromatic rings. The zero-order chi connectivity index (χ0) is 14.6. The first-order chi connectivity index (χ1) is 9.68. The second-order valence-electron chi connectivity index (χ2n) is 4.89. The number of rotatable bonds is 10. The fourth-order valence-electron chi connectivity index (χ4n) is 1.99. The van der Waals surface area contributed by atoms with Crippen molar-refractivity contribution in [2.45, 2.75) is 18.9 Å². The van der Waals surface area contributed by atoms with Crippen LogP contribution >= 0.6 is 0 Å². The van der Waals surface area contributed by atoms with Gasteiger partial charge in [0.2, 0.25) is 0 Å². The lowest BCUT2D eigenvalue weighted by molar-refractivity contribution is -0.0285. The highest BCUT2D eigenvalue weighted by molar-refractivity contribution is 5.71. The molecule has 3 N–H and O–H groups in total. The highest BCUT2D eigenvalue weighted by Gasteiger charge is 2.16. The van der Waals surface area contributed by atoms with Crippen molar-refractivity contribution in [3.05, 3.63) is 0 Å². The van der Waals surface area contributed by atoms with E-state index < -0.39 is 6.03 Å². The van der Waals surface area contributed by atoms with Gasteiger partial charge in [-0.25, -0.2) is 4.79 Å². The van der Waals surface area contributed by atoms with Gasteiger partial charge < -0.3 is 30.2 Å². The Morgan fingerprint density at radius 2 is 1.75 bits per heavy atom. The van der Waals surface area contributed by atoms with Gasteiger partial charge in [0.05, 0.1) is 39.1 Å². The number of carbonyl (C=O) groups is 1. The molecule has 2 amide bonds. The summed E-state index contributed by atoms with van der Waals surface area (Å²) in [6.07, 6.45) is 2.59. The third kappa shape index (κ3) is 9.08. The van der Waals surface area contributed by atoms with Crippen LogP contribution in [-0.4, -0.2) is 76.8 Å². The summed E-state index contributed by atoms with van der Waals surface area (Å²) in [6, 6.07) is -0.532. The minimum absolute atomic E-state index is 0.380. The van der Waals surface area contributed by atoms with E-state index in [0.29, 0.717) is 45.7 Å². The molecule has 1 heterocycles. The zero-order valence-corrected chi connectivity index (χ0v) is 12.3. The summed E-state index contributed by atoms with van der Waals surface area (Å²) >= 11 is 0. The number of primary amides is 1. The van der Waals surface area contributed by atoms with Crippen molar-refractivity contribution in [1.29, 1.82) is 0 Å². The summed E-state index contributed by atoms with van der Waals surface area (Å²) in [5.41, 5.74) is 4.91. The average Bonchev–Trinajstić information content (AvgIpc) is 2.42. The molecule has 0 atom stereocenters. The molecule has 0 spiro atoms. The number of nitrogens with one attached hydrogen (secondary N) is 1. The summed E-state index contributed by atoms with van der Waals surface area (Å²) in [4.78, 5) is 12.7. The highest BCUT2D eigenvalue weighted by Crippen LogP contribution is 2.11. The topological polar surface area (TPSA) is 86.1 Å². The van der Waals surface area contributed by atoms with Gasteiger partial charge >= 0.3 is 6.03 Å². The van der Waals surface area contributed by atoms with Crippen molar-refractivity contribution >= 4 is 6.03 Å². The molecule has 20 heavy (non-hydrogen) atoms. The van der Waals surface area contributed by atoms with E-state index in [1.54, 1.807) is 0 Å². The first-order valence-corrected chi connectivity index (χ1v) is 7.17. The Bertz CT molecular complexity index is 258. The van der Waals surface area contributed by atoms with Crippen molar-refractivity contribution < 1.29 is 19.0 Å². The molecule has 1 fully saturated rings. The third-order valence-corrected chi connectivity index (χ3v) is 3.16. The van der Waals surface area contributed by atoms with E-state index in [1.807, 2.05) is 0 Å². The summed E-state index contributed by atoms with van der Waals surface area (Å²) < 4.78 is 16.4. The van der Waals surface area contributed by atoms with Crippen LogP contribution in [0.3, 0.4) is 0 Å². The molecule has 0 radical (unpaired) electrons. The Balaban J connectivity index is 1.77. The highest BCUT2D eigenvalue weighted by atomic mass is 16.5. The standard InChI is InChI=1S/C13H27N3O4/c1-16-5-2-12(3-6-16)20-11-10-19-9-8-18-7-4-15-13(14)17/h12H,2-11H2,1H3,(H3,14,15,17). The molecule has 0 aromatic heterocycles. The number of carbonyl (C=O) groups excluding carboxylic acids is 1. The van der Waals surface area contributed by atoms with Gasteiger partial charge in [0.1, 0.15) is 0 Å². The van der Waals surface area contributed by atoms with Gasteiger partial charge in [-0.1, -0.05) is 0 Å². The molecule has 0 saturated carbocycles. The Labute approximate surface area is 120 Å². The van der Waals surface area contributed by atoms with Crippen molar-refractivity contribution in [1.82, 2.24) is 10.2 Å². The number of ether oxygens (including phenoxy) is 3. The van der Waals surface area contributed by atoms with Gasteiger partial charge in [0.15, 0.2) is 0 Å². The van der Waals surface area contributed by atoms with Crippen LogP contribution in [0.5, 0.6) is 0 Å². The molecule has 0 aromatic carbocycles. The monoisotopic (exact) mass is 289 g/mol. The van der Waals surface area contributed by atoms with Crippen LogP contribution in [0.1, 0.15) is 12.8 Å². The second-order valence-corrected chi connectivity index (χ2v) is 4.89. The predicted octanol–water partition coefficient (Wildman–Crippen LogP) is -0.201. The number of hydrogen-bond acceptors (Lipinski definition) is 5. The van der Waals surface area contributed by atoms with E-state index in [0.717, 1.165) is 25.9 Å². The van der Waals surface area contributed by atoms with Gasteiger partial charge in [0, 0.05) is 19.6 Å². The normalized spacial score (nSPS) is 17.2. The summed E-state index contributed by atoms with van der Waals surface area (Å²) in [5, 5.41) is 2.45. The molecule has 0 unspecified atom stereocenters. The van der Waals surface area contributed by atoms with Crippen molar-refractivity contribution in [3.8, 4) is 0 Å². The first-order valence-electron chi connectivity index (χ1n) is 7.17. The van der Waals surface area contributed by atoms with Gasteiger partial charge in [-0.15, -0.1) is 0 Å². The maximum Gasteiger partial charge on any atom is 0.312 e. The fourth-order valence-corrected chi connectivity index (χ4v) is 1.99. The molecule has 0 aliphatic carbocycles. The number of piperidine rings is 1. The molecule has 7 heteroatoms. The van der Waals surface area contributed by atoms with Crippen molar-refractivity contribution in [2.24, 2.45) is 5.73 Å². The van der Waals surface area contributed by atoms with Crippen molar-refractivity contribution in [3.63, 3.8) is 0 Å². The molecule has 1 aliphatic heterocycles. The summed E-state index contributed by atoms with van der Waals surface area (Å²) in [5.74, 6) is 0. The number of nitrogens with zero attached hydrogens (tertiary/aromatic N) is 1. The van der Waals surface area contributed by atoms with Crippen LogP contribution in [0.15, 0.2) is 0 Å². The van der Waals surface area contributed by atoms with Crippen LogP contribution in [0, 0.1) is 0 Å². The number of nitrogens with two attached hydrogens (primary N) is 1. The average molecular weight is 289 g/mol. The minimum atomic E-state index is -0.532. The lowest BCUT2D eigenvalue weighted by Gasteiger charge is -2.28. The number of amides is 2. The summed E-state index contributed by atoms with van der Waals surface area (Å²) in [7, 11) is 2.14. The van der Waals surface area contributed by atoms with Gasteiger partial charge in [0.25, 0.3) is 0 Å². The van der Waals surface area contributed by atoms with E-state index in [2.05, 4.69) is 17.3 Å². The maximum atomic E-state index is 10.4. The van der Waals surface area contributed by atoms with Crippen LogP contribution in [-0.2, 0) is 14.2 Å². The lowest BCUT2D eigenvalue weighted by Crippen LogP contribution is -2.34. The molecule has 1 aliphatic rings. The van der Waals surface area contributed by atoms with Crippen LogP contribution < -0.4 is 11.1 Å². The van der Waals surface area contributed by atoms with Crippen LogP contribution in [0.4, 0.5) is 4.79 Å². The van der Waals surface area contributed by atoms with E-state index in [-0.39, 0.29) is 0 Å². The number of urea groups is 1. The second kappa shape index (κ2) is 10.8. The van der Waals surface area contributed by atoms with Gasteiger partial charge in [-0.05, 0) is 19.9 Å². The summed E-state index contributed by atoms with van der Waals surface area (Å²) in [6.45, 7) is 5.36. The van der Waals surface area contributed by atoms with Gasteiger partial charge in [-0.2, -0.15) is 0 Å². The molecule has 0 bridgehead atoms. The first kappa shape index (κ1) is 17.2. The predicted molar refractivity (Wildman–Crippen MR) is 75.7 cm³/mol. The largest absolute Gasteiger partial charge is 0.377 e. The molecule has 7 nitrogen and oxygen atoms in total. The minimum Gasteiger partial charge on any atom is -0.377 e. The molecule has 1 rings (SSSR count). The van der Waals surface area contributed by atoms with E-state index in [9.17, 15) is 4.79 Å². The Hall–Kier alpha value is -0.890. The maximum absolute atomic E-state index is 10.4. The Morgan fingerprint density at radius 1 is 1.15 bits per heavy atom. The molecular weight excluding hydrogens is 262 g/mol. The number of hydrogen-bond donors (Lipinski definition) is 2. The molecule has 118 valence electrons. The molecular formula is C13H27N3O4. The molecule has 1 saturated heterocycles. The Morgan fingerprint density at radius 3 is 2.40 bits per heavy atom. The SMILES string of the molecule is CN1CCC(OCCOCCOCCNC(N)=O)CC1. The quantitative estimate of drug-likeness (QED) is 0.544. The van der Waals surface area contributed by atoms with Gasteiger partial charge in [-0.3, -0.25) is 0 Å².